The minimum absolute atomic E-state index is 0.789. The third kappa shape index (κ3) is 2.41. The molecule has 1 aliphatic heterocycles. The van der Waals surface area contributed by atoms with Gasteiger partial charge < -0.3 is 10.2 Å². The van der Waals surface area contributed by atoms with Gasteiger partial charge in [-0.05, 0) is 31.7 Å². The summed E-state index contributed by atoms with van der Waals surface area (Å²) in [6, 6.07) is 0.789. The van der Waals surface area contributed by atoms with Gasteiger partial charge in [0.15, 0.2) is 5.13 Å². The molecule has 18 heavy (non-hydrogen) atoms. The Morgan fingerprint density at radius 1 is 1.39 bits per heavy atom. The first-order valence-electron chi connectivity index (χ1n) is 7.30. The third-order valence-electron chi connectivity index (χ3n) is 4.35. The van der Waals surface area contributed by atoms with Crippen LogP contribution in [0, 0.1) is 5.92 Å². The molecular weight excluding hydrogens is 242 g/mol. The zero-order chi connectivity index (χ0) is 12.4. The Labute approximate surface area is 114 Å². The van der Waals surface area contributed by atoms with Gasteiger partial charge in [0.25, 0.3) is 0 Å². The summed E-state index contributed by atoms with van der Waals surface area (Å²) < 4.78 is 0. The highest BCUT2D eigenvalue weighted by Gasteiger charge is 2.36. The maximum Gasteiger partial charge on any atom is 0.185 e. The molecule has 1 aromatic rings. The molecule has 1 aliphatic carbocycles. The predicted molar refractivity (Wildman–Crippen MR) is 77.2 cm³/mol. The van der Waals surface area contributed by atoms with Gasteiger partial charge in [-0.15, -0.1) is 11.3 Å². The van der Waals surface area contributed by atoms with Gasteiger partial charge in [0.1, 0.15) is 0 Å². The highest BCUT2D eigenvalue weighted by Crippen LogP contribution is 2.39. The van der Waals surface area contributed by atoms with Crippen LogP contribution in [0.4, 0.5) is 5.13 Å². The smallest absolute Gasteiger partial charge is 0.185 e. The van der Waals surface area contributed by atoms with Crippen molar-refractivity contribution < 1.29 is 0 Å². The highest BCUT2D eigenvalue weighted by atomic mass is 32.1. The Morgan fingerprint density at radius 3 is 3.17 bits per heavy atom. The molecule has 4 heteroatoms. The van der Waals surface area contributed by atoms with Crippen LogP contribution < -0.4 is 10.2 Å². The summed E-state index contributed by atoms with van der Waals surface area (Å²) in [7, 11) is 0. The first-order valence-corrected chi connectivity index (χ1v) is 8.18. The number of nitrogens with one attached hydrogen (secondary N) is 1. The fraction of sp³-hybridized carbons (Fsp3) is 0.786. The summed E-state index contributed by atoms with van der Waals surface area (Å²) in [4.78, 5) is 7.39. The van der Waals surface area contributed by atoms with E-state index in [0.717, 1.165) is 25.0 Å². The van der Waals surface area contributed by atoms with E-state index < -0.39 is 0 Å². The van der Waals surface area contributed by atoms with Gasteiger partial charge in [0, 0.05) is 24.5 Å². The van der Waals surface area contributed by atoms with Crippen molar-refractivity contribution in [1.29, 1.82) is 0 Å². The van der Waals surface area contributed by atoms with E-state index in [1.165, 1.54) is 49.5 Å². The minimum atomic E-state index is 0.789. The maximum absolute atomic E-state index is 4.80. The van der Waals surface area contributed by atoms with Gasteiger partial charge in [0.2, 0.25) is 0 Å². The van der Waals surface area contributed by atoms with E-state index in [1.807, 2.05) is 11.3 Å². The van der Waals surface area contributed by atoms with Crippen LogP contribution in [-0.4, -0.2) is 24.1 Å². The number of anilines is 1. The van der Waals surface area contributed by atoms with Crippen molar-refractivity contribution in [1.82, 2.24) is 10.3 Å². The molecule has 0 spiro atoms. The Bertz CT molecular complexity index is 390. The van der Waals surface area contributed by atoms with E-state index in [9.17, 15) is 0 Å². The third-order valence-corrected chi connectivity index (χ3v) is 5.28. The molecule has 2 atom stereocenters. The van der Waals surface area contributed by atoms with Crippen LogP contribution in [0.25, 0.3) is 0 Å². The van der Waals surface area contributed by atoms with Crippen LogP contribution in [0.3, 0.4) is 0 Å². The topological polar surface area (TPSA) is 28.2 Å². The van der Waals surface area contributed by atoms with E-state index in [4.69, 9.17) is 4.98 Å². The molecule has 3 nitrogen and oxygen atoms in total. The average molecular weight is 265 g/mol. The van der Waals surface area contributed by atoms with Crippen molar-refractivity contribution in [3.8, 4) is 0 Å². The molecule has 1 saturated carbocycles. The number of fused-ring (bicyclic) bond motifs is 1. The second-order valence-corrected chi connectivity index (χ2v) is 6.33. The van der Waals surface area contributed by atoms with E-state index in [2.05, 4.69) is 22.5 Å². The molecule has 2 heterocycles. The molecule has 100 valence electrons. The van der Waals surface area contributed by atoms with Crippen molar-refractivity contribution in [2.24, 2.45) is 5.92 Å². The quantitative estimate of drug-likeness (QED) is 0.907. The van der Waals surface area contributed by atoms with Gasteiger partial charge in [-0.3, -0.25) is 0 Å². The van der Waals surface area contributed by atoms with Gasteiger partial charge >= 0.3 is 0 Å². The van der Waals surface area contributed by atoms with Crippen molar-refractivity contribution in [2.75, 3.05) is 18.0 Å². The summed E-state index contributed by atoms with van der Waals surface area (Å²) in [5.74, 6) is 0.944. The zero-order valence-electron chi connectivity index (χ0n) is 11.2. The van der Waals surface area contributed by atoms with Gasteiger partial charge in [-0.25, -0.2) is 4.98 Å². The molecule has 0 radical (unpaired) electrons. The lowest BCUT2D eigenvalue weighted by molar-refractivity contribution is 0.342. The Balaban J connectivity index is 1.68. The SMILES string of the molecule is CCNCc1csc(N2CCC3CCCCC32)n1. The highest BCUT2D eigenvalue weighted by molar-refractivity contribution is 7.13. The number of hydrogen-bond donors (Lipinski definition) is 1. The second kappa shape index (κ2) is 5.57. The monoisotopic (exact) mass is 265 g/mol. The van der Waals surface area contributed by atoms with E-state index in [0.29, 0.717) is 0 Å². The second-order valence-electron chi connectivity index (χ2n) is 5.50. The largest absolute Gasteiger partial charge is 0.345 e. The van der Waals surface area contributed by atoms with Crippen LogP contribution in [0.1, 0.15) is 44.7 Å². The van der Waals surface area contributed by atoms with Crippen molar-refractivity contribution in [2.45, 2.75) is 51.6 Å². The predicted octanol–water partition coefficient (Wildman–Crippen LogP) is 3.02. The molecule has 0 amide bonds. The van der Waals surface area contributed by atoms with Crippen molar-refractivity contribution >= 4 is 16.5 Å². The molecule has 2 fully saturated rings. The summed E-state index contributed by atoms with van der Waals surface area (Å²) in [6.07, 6.45) is 7.06. The molecule has 1 saturated heterocycles. The van der Waals surface area contributed by atoms with E-state index >= 15 is 0 Å². The van der Waals surface area contributed by atoms with E-state index in [1.54, 1.807) is 0 Å². The summed E-state index contributed by atoms with van der Waals surface area (Å²) in [6.45, 7) is 5.29. The summed E-state index contributed by atoms with van der Waals surface area (Å²) in [5.41, 5.74) is 1.20. The molecular formula is C14H23N3S. The van der Waals surface area contributed by atoms with Crippen LogP contribution in [0.5, 0.6) is 0 Å². The normalized spacial score (nSPS) is 27.5. The molecule has 0 aromatic carbocycles. The summed E-state index contributed by atoms with van der Waals surface area (Å²) >= 11 is 1.83. The number of thiazole rings is 1. The van der Waals surface area contributed by atoms with E-state index in [-0.39, 0.29) is 0 Å². The number of aromatic nitrogens is 1. The van der Waals surface area contributed by atoms with Crippen LogP contribution >= 0.6 is 11.3 Å². The number of nitrogens with zero attached hydrogens (tertiary/aromatic N) is 2. The van der Waals surface area contributed by atoms with Crippen LogP contribution in [0.15, 0.2) is 5.38 Å². The van der Waals surface area contributed by atoms with Gasteiger partial charge in [0.05, 0.1) is 5.69 Å². The first kappa shape index (κ1) is 12.4. The van der Waals surface area contributed by atoms with Crippen molar-refractivity contribution in [3.05, 3.63) is 11.1 Å². The average Bonchev–Trinajstić information content (AvgIpc) is 3.02. The Kier molecular flexibility index (Phi) is 3.85. The number of hydrogen-bond acceptors (Lipinski definition) is 4. The first-order chi connectivity index (χ1) is 8.88. The number of rotatable bonds is 4. The maximum atomic E-state index is 4.80. The Hall–Kier alpha value is -0.610. The lowest BCUT2D eigenvalue weighted by atomic mass is 9.85. The molecule has 2 unspecified atom stereocenters. The Morgan fingerprint density at radius 2 is 2.28 bits per heavy atom. The van der Waals surface area contributed by atoms with Gasteiger partial charge in [-0.1, -0.05) is 19.8 Å². The lowest BCUT2D eigenvalue weighted by Crippen LogP contribution is -2.34. The fourth-order valence-electron chi connectivity index (χ4n) is 3.41. The lowest BCUT2D eigenvalue weighted by Gasteiger charge is -2.31. The molecule has 1 N–H and O–H groups in total. The minimum Gasteiger partial charge on any atom is -0.345 e. The zero-order valence-corrected chi connectivity index (χ0v) is 12.0. The molecule has 1 aromatic heterocycles. The fourth-order valence-corrected chi connectivity index (χ4v) is 4.32. The van der Waals surface area contributed by atoms with Gasteiger partial charge in [-0.2, -0.15) is 0 Å². The molecule has 2 aliphatic rings. The molecule has 3 rings (SSSR count). The molecule has 0 bridgehead atoms. The standard InChI is InChI=1S/C14H23N3S/c1-2-15-9-12-10-18-14(16-12)17-8-7-11-5-3-4-6-13(11)17/h10-11,13,15H,2-9H2,1H3. The van der Waals surface area contributed by atoms with Crippen molar-refractivity contribution in [3.63, 3.8) is 0 Å². The van der Waals surface area contributed by atoms with Crippen LogP contribution in [0.2, 0.25) is 0 Å². The summed E-state index contributed by atoms with van der Waals surface area (Å²) in [5, 5.41) is 6.83. The van der Waals surface area contributed by atoms with Crippen LogP contribution in [-0.2, 0) is 6.54 Å².